The number of nitrogens with zero attached hydrogens (tertiary/aromatic N) is 1. The Morgan fingerprint density at radius 3 is 2.52 bits per heavy atom. The standard InChI is InChI=1S/C19H28N2O4/c1-24-19(8-12-25-13-9-19)14-20-16-4-2-15(3-5-16)18(23)21-10-6-17(22)7-11-21/h2-5,17,20,22H,6-14H2,1H3. The average Bonchev–Trinajstić information content (AvgIpc) is 2.67. The van der Waals surface area contributed by atoms with E-state index in [2.05, 4.69) is 5.32 Å². The molecule has 0 spiro atoms. The molecule has 2 heterocycles. The third-order valence-corrected chi connectivity index (χ3v) is 5.34. The summed E-state index contributed by atoms with van der Waals surface area (Å²) in [5.74, 6) is 0.0382. The van der Waals surface area contributed by atoms with Crippen molar-refractivity contribution in [2.24, 2.45) is 0 Å². The van der Waals surface area contributed by atoms with Crippen molar-refractivity contribution >= 4 is 11.6 Å². The number of carbonyl (C=O) groups excluding carboxylic acids is 1. The summed E-state index contributed by atoms with van der Waals surface area (Å²) in [5.41, 5.74) is 1.49. The number of rotatable bonds is 5. The second-order valence-electron chi connectivity index (χ2n) is 6.95. The van der Waals surface area contributed by atoms with Crippen LogP contribution in [0.1, 0.15) is 36.0 Å². The molecule has 6 nitrogen and oxygen atoms in total. The van der Waals surface area contributed by atoms with E-state index >= 15 is 0 Å². The highest BCUT2D eigenvalue weighted by Crippen LogP contribution is 2.25. The number of benzene rings is 1. The third kappa shape index (κ3) is 4.51. The SMILES string of the molecule is COC1(CNc2ccc(C(=O)N3CCC(O)CC3)cc2)CCOCC1. The minimum atomic E-state index is -0.270. The lowest BCUT2D eigenvalue weighted by Gasteiger charge is -2.36. The van der Waals surface area contributed by atoms with Gasteiger partial charge in [0.05, 0.1) is 11.7 Å². The number of hydrogen-bond acceptors (Lipinski definition) is 5. The molecule has 0 saturated carbocycles. The van der Waals surface area contributed by atoms with Crippen LogP contribution < -0.4 is 5.32 Å². The first kappa shape index (κ1) is 18.2. The van der Waals surface area contributed by atoms with Crippen molar-refractivity contribution in [3.05, 3.63) is 29.8 Å². The van der Waals surface area contributed by atoms with Gasteiger partial charge in [0.2, 0.25) is 0 Å². The molecule has 2 fully saturated rings. The predicted molar refractivity (Wildman–Crippen MR) is 95.9 cm³/mol. The zero-order valence-electron chi connectivity index (χ0n) is 14.9. The van der Waals surface area contributed by atoms with Crippen LogP contribution in [-0.4, -0.2) is 67.6 Å². The molecule has 1 aromatic rings. The molecular weight excluding hydrogens is 320 g/mol. The summed E-state index contributed by atoms with van der Waals surface area (Å²) in [6, 6.07) is 7.60. The molecule has 0 aliphatic carbocycles. The van der Waals surface area contributed by atoms with Gasteiger partial charge in [0.25, 0.3) is 5.91 Å². The van der Waals surface area contributed by atoms with Gasteiger partial charge in [-0.25, -0.2) is 0 Å². The molecule has 0 bridgehead atoms. The lowest BCUT2D eigenvalue weighted by molar-refractivity contribution is -0.0807. The average molecular weight is 348 g/mol. The van der Waals surface area contributed by atoms with Crippen LogP contribution in [0, 0.1) is 0 Å². The smallest absolute Gasteiger partial charge is 0.253 e. The van der Waals surface area contributed by atoms with Crippen LogP contribution in [0.4, 0.5) is 5.69 Å². The van der Waals surface area contributed by atoms with Crippen molar-refractivity contribution in [3.8, 4) is 0 Å². The Morgan fingerprint density at radius 1 is 1.28 bits per heavy atom. The van der Waals surface area contributed by atoms with Crippen LogP contribution in [0.3, 0.4) is 0 Å². The zero-order valence-corrected chi connectivity index (χ0v) is 14.9. The second-order valence-corrected chi connectivity index (χ2v) is 6.95. The van der Waals surface area contributed by atoms with Crippen molar-refractivity contribution in [2.75, 3.05) is 45.3 Å². The number of amides is 1. The van der Waals surface area contributed by atoms with Gasteiger partial charge < -0.3 is 24.8 Å². The molecule has 2 aliphatic rings. The number of likely N-dealkylation sites (tertiary alicyclic amines) is 1. The normalized spacial score (nSPS) is 21.1. The van der Waals surface area contributed by atoms with Gasteiger partial charge in [0.1, 0.15) is 0 Å². The Hall–Kier alpha value is -1.63. The monoisotopic (exact) mass is 348 g/mol. The maximum absolute atomic E-state index is 12.5. The highest BCUT2D eigenvalue weighted by molar-refractivity contribution is 5.94. The Kier molecular flexibility index (Phi) is 5.93. The van der Waals surface area contributed by atoms with Crippen LogP contribution in [0.2, 0.25) is 0 Å². The number of aliphatic hydroxyl groups excluding tert-OH is 1. The fourth-order valence-corrected chi connectivity index (χ4v) is 3.44. The number of methoxy groups -OCH3 is 1. The number of piperidine rings is 1. The quantitative estimate of drug-likeness (QED) is 0.850. The van der Waals surface area contributed by atoms with Crippen molar-refractivity contribution in [2.45, 2.75) is 37.4 Å². The molecule has 2 N–H and O–H groups in total. The topological polar surface area (TPSA) is 71.0 Å². The van der Waals surface area contributed by atoms with Gasteiger partial charge in [-0.2, -0.15) is 0 Å². The predicted octanol–water partition coefficient (Wildman–Crippen LogP) is 1.89. The number of ether oxygens (including phenoxy) is 2. The molecule has 0 aromatic heterocycles. The molecule has 1 amide bonds. The first-order valence-corrected chi connectivity index (χ1v) is 9.06. The van der Waals surface area contributed by atoms with Crippen LogP contribution in [0.5, 0.6) is 0 Å². The molecule has 2 aliphatic heterocycles. The Morgan fingerprint density at radius 2 is 1.92 bits per heavy atom. The summed E-state index contributed by atoms with van der Waals surface area (Å²) >= 11 is 0. The third-order valence-electron chi connectivity index (χ3n) is 5.34. The van der Waals surface area contributed by atoms with Crippen LogP contribution >= 0.6 is 0 Å². The van der Waals surface area contributed by atoms with Gasteiger partial charge in [-0.05, 0) is 37.1 Å². The molecule has 25 heavy (non-hydrogen) atoms. The maximum atomic E-state index is 12.5. The summed E-state index contributed by atoms with van der Waals surface area (Å²) in [6.45, 7) is 3.43. The minimum Gasteiger partial charge on any atom is -0.393 e. The molecule has 2 saturated heterocycles. The van der Waals surface area contributed by atoms with Gasteiger partial charge in [0, 0.05) is 64.1 Å². The van der Waals surface area contributed by atoms with E-state index in [1.54, 1.807) is 7.11 Å². The van der Waals surface area contributed by atoms with Gasteiger partial charge in [-0.1, -0.05) is 0 Å². The first-order chi connectivity index (χ1) is 12.1. The van der Waals surface area contributed by atoms with E-state index in [4.69, 9.17) is 9.47 Å². The summed E-state index contributed by atoms with van der Waals surface area (Å²) in [6.07, 6.45) is 2.82. The number of carbonyl (C=O) groups is 1. The molecule has 0 atom stereocenters. The zero-order chi connectivity index (χ0) is 17.7. The van der Waals surface area contributed by atoms with Crippen molar-refractivity contribution < 1.29 is 19.4 Å². The molecule has 138 valence electrons. The van der Waals surface area contributed by atoms with E-state index in [-0.39, 0.29) is 17.6 Å². The van der Waals surface area contributed by atoms with Gasteiger partial charge >= 0.3 is 0 Å². The largest absolute Gasteiger partial charge is 0.393 e. The lowest BCUT2D eigenvalue weighted by atomic mass is 9.94. The Bertz CT molecular complexity index is 561. The van der Waals surface area contributed by atoms with Gasteiger partial charge in [0.15, 0.2) is 0 Å². The lowest BCUT2D eigenvalue weighted by Crippen LogP contribution is -2.44. The highest BCUT2D eigenvalue weighted by Gasteiger charge is 2.32. The molecule has 0 radical (unpaired) electrons. The molecule has 0 unspecified atom stereocenters. The van der Waals surface area contributed by atoms with E-state index in [1.165, 1.54) is 0 Å². The van der Waals surface area contributed by atoms with E-state index < -0.39 is 0 Å². The highest BCUT2D eigenvalue weighted by atomic mass is 16.5. The molecule has 6 heteroatoms. The molecule has 1 aromatic carbocycles. The number of nitrogens with one attached hydrogen (secondary N) is 1. The van der Waals surface area contributed by atoms with Gasteiger partial charge in [-0.3, -0.25) is 4.79 Å². The summed E-state index contributed by atoms with van der Waals surface area (Å²) in [5, 5.41) is 13.0. The van der Waals surface area contributed by atoms with Gasteiger partial charge in [-0.15, -0.1) is 0 Å². The Labute approximate surface area is 149 Å². The van der Waals surface area contributed by atoms with E-state index in [0.29, 0.717) is 31.5 Å². The van der Waals surface area contributed by atoms with E-state index in [1.807, 2.05) is 29.2 Å². The molecular formula is C19H28N2O4. The van der Waals surface area contributed by atoms with E-state index in [9.17, 15) is 9.90 Å². The van der Waals surface area contributed by atoms with Crippen molar-refractivity contribution in [1.82, 2.24) is 4.90 Å². The van der Waals surface area contributed by atoms with Crippen molar-refractivity contribution in [3.63, 3.8) is 0 Å². The minimum absolute atomic E-state index is 0.0382. The van der Waals surface area contributed by atoms with E-state index in [0.717, 1.165) is 38.3 Å². The summed E-state index contributed by atoms with van der Waals surface area (Å²) < 4.78 is 11.1. The van der Waals surface area contributed by atoms with Crippen LogP contribution in [0.25, 0.3) is 0 Å². The summed E-state index contributed by atoms with van der Waals surface area (Å²) in [7, 11) is 1.75. The second kappa shape index (κ2) is 8.17. The van der Waals surface area contributed by atoms with Crippen LogP contribution in [-0.2, 0) is 9.47 Å². The fourth-order valence-electron chi connectivity index (χ4n) is 3.44. The number of anilines is 1. The summed E-state index contributed by atoms with van der Waals surface area (Å²) in [4.78, 5) is 14.3. The fraction of sp³-hybridized carbons (Fsp3) is 0.632. The van der Waals surface area contributed by atoms with Crippen molar-refractivity contribution in [1.29, 1.82) is 0 Å². The van der Waals surface area contributed by atoms with Crippen LogP contribution in [0.15, 0.2) is 24.3 Å². The number of aliphatic hydroxyl groups is 1. The Balaban J connectivity index is 1.55. The first-order valence-electron chi connectivity index (χ1n) is 9.06. The maximum Gasteiger partial charge on any atom is 0.253 e. The number of hydrogen-bond donors (Lipinski definition) is 2. The molecule has 3 rings (SSSR count).